The summed E-state index contributed by atoms with van der Waals surface area (Å²) in [7, 11) is 0. The van der Waals surface area contributed by atoms with Crippen molar-refractivity contribution in [2.45, 2.75) is 26.4 Å². The number of nitrogens with one attached hydrogen (secondary N) is 1. The van der Waals surface area contributed by atoms with Gasteiger partial charge in [-0.1, -0.05) is 44.2 Å². The summed E-state index contributed by atoms with van der Waals surface area (Å²) in [4.78, 5) is 10.2. The molecule has 0 bridgehead atoms. The molecule has 0 saturated heterocycles. The van der Waals surface area contributed by atoms with Crippen molar-refractivity contribution in [2.75, 3.05) is 6.54 Å². The van der Waals surface area contributed by atoms with Crippen molar-refractivity contribution in [1.82, 2.24) is 5.32 Å². The van der Waals surface area contributed by atoms with Crippen LogP contribution in [0, 0.1) is 16.0 Å². The molecule has 1 rings (SSSR count). The number of nitro groups is 1. The molecule has 0 radical (unpaired) electrons. The highest BCUT2D eigenvalue weighted by Crippen LogP contribution is 2.04. The maximum Gasteiger partial charge on any atom is 0.219 e. The number of rotatable bonds is 6. The first-order chi connectivity index (χ1) is 7.59. The minimum absolute atomic E-state index is 0.0233. The van der Waals surface area contributed by atoms with Crippen molar-refractivity contribution in [3.8, 4) is 0 Å². The molecule has 1 N–H and O–H groups in total. The topological polar surface area (TPSA) is 55.2 Å². The molecule has 16 heavy (non-hydrogen) atoms. The third-order valence-corrected chi connectivity index (χ3v) is 2.56. The number of hydrogen-bond donors (Lipinski definition) is 1. The van der Waals surface area contributed by atoms with Gasteiger partial charge >= 0.3 is 0 Å². The molecule has 1 aromatic carbocycles. The Morgan fingerprint density at radius 3 is 2.44 bits per heavy atom. The van der Waals surface area contributed by atoms with E-state index in [9.17, 15) is 10.1 Å². The molecule has 1 atom stereocenters. The van der Waals surface area contributed by atoms with Crippen LogP contribution in [0.15, 0.2) is 30.3 Å². The molecule has 0 aliphatic rings. The Balaban J connectivity index is 2.47. The van der Waals surface area contributed by atoms with Gasteiger partial charge in [0.2, 0.25) is 6.54 Å². The van der Waals surface area contributed by atoms with Gasteiger partial charge in [0.1, 0.15) is 0 Å². The first-order valence-electron chi connectivity index (χ1n) is 5.48. The lowest BCUT2D eigenvalue weighted by Crippen LogP contribution is -2.39. The van der Waals surface area contributed by atoms with Crippen LogP contribution in [0.1, 0.15) is 19.4 Å². The van der Waals surface area contributed by atoms with Gasteiger partial charge in [-0.3, -0.25) is 10.1 Å². The molecule has 0 aliphatic heterocycles. The fraction of sp³-hybridized carbons (Fsp3) is 0.500. The van der Waals surface area contributed by atoms with E-state index in [1.165, 1.54) is 0 Å². The summed E-state index contributed by atoms with van der Waals surface area (Å²) in [5, 5.41) is 13.7. The molecule has 4 nitrogen and oxygen atoms in total. The van der Waals surface area contributed by atoms with Crippen molar-refractivity contribution in [3.05, 3.63) is 46.0 Å². The second-order valence-corrected chi connectivity index (χ2v) is 4.23. The Morgan fingerprint density at radius 2 is 1.94 bits per heavy atom. The average molecular weight is 222 g/mol. The zero-order valence-corrected chi connectivity index (χ0v) is 9.72. The highest BCUT2D eigenvalue weighted by atomic mass is 16.6. The molecule has 0 saturated carbocycles. The monoisotopic (exact) mass is 222 g/mol. The Labute approximate surface area is 95.8 Å². The Bertz CT molecular complexity index is 325. The van der Waals surface area contributed by atoms with Crippen molar-refractivity contribution >= 4 is 0 Å². The van der Waals surface area contributed by atoms with E-state index in [1.807, 2.05) is 44.2 Å². The Hall–Kier alpha value is -1.42. The SMILES string of the molecule is CC(C)C(C[N+](=O)[O-])NCc1ccccc1. The maximum absolute atomic E-state index is 10.5. The van der Waals surface area contributed by atoms with E-state index in [0.717, 1.165) is 5.56 Å². The van der Waals surface area contributed by atoms with Gasteiger partial charge < -0.3 is 5.32 Å². The maximum atomic E-state index is 10.5. The number of benzene rings is 1. The highest BCUT2D eigenvalue weighted by Gasteiger charge is 2.18. The van der Waals surface area contributed by atoms with Gasteiger partial charge in [0.15, 0.2) is 0 Å². The summed E-state index contributed by atoms with van der Waals surface area (Å²) in [6.07, 6.45) is 0. The first-order valence-corrected chi connectivity index (χ1v) is 5.48. The average Bonchev–Trinajstić information content (AvgIpc) is 2.25. The lowest BCUT2D eigenvalue weighted by atomic mass is 10.0. The van der Waals surface area contributed by atoms with Gasteiger partial charge in [-0.2, -0.15) is 0 Å². The summed E-state index contributed by atoms with van der Waals surface area (Å²) in [6.45, 7) is 4.64. The van der Waals surface area contributed by atoms with E-state index in [0.29, 0.717) is 6.54 Å². The van der Waals surface area contributed by atoms with Crippen LogP contribution in [0.4, 0.5) is 0 Å². The van der Waals surface area contributed by atoms with Crippen LogP contribution in [-0.2, 0) is 6.54 Å². The predicted octanol–water partition coefficient (Wildman–Crippen LogP) is 2.08. The lowest BCUT2D eigenvalue weighted by molar-refractivity contribution is -0.484. The van der Waals surface area contributed by atoms with Crippen LogP contribution < -0.4 is 5.32 Å². The van der Waals surface area contributed by atoms with Crippen molar-refractivity contribution < 1.29 is 4.92 Å². The van der Waals surface area contributed by atoms with Crippen LogP contribution in [0.3, 0.4) is 0 Å². The zero-order valence-electron chi connectivity index (χ0n) is 9.72. The van der Waals surface area contributed by atoms with Crippen molar-refractivity contribution in [1.29, 1.82) is 0 Å². The first kappa shape index (κ1) is 12.6. The minimum atomic E-state index is -0.261. The standard InChI is InChI=1S/C12H18N2O2/c1-10(2)12(9-14(15)16)13-8-11-6-4-3-5-7-11/h3-7,10,12-13H,8-9H2,1-2H3. The predicted molar refractivity (Wildman–Crippen MR) is 63.8 cm³/mol. The molecular weight excluding hydrogens is 204 g/mol. The summed E-state index contributed by atoms with van der Waals surface area (Å²) >= 11 is 0. The highest BCUT2D eigenvalue weighted by molar-refractivity contribution is 5.14. The van der Waals surface area contributed by atoms with E-state index in [1.54, 1.807) is 0 Å². The molecular formula is C12H18N2O2. The molecule has 0 amide bonds. The van der Waals surface area contributed by atoms with Gasteiger partial charge in [-0.25, -0.2) is 0 Å². The van der Waals surface area contributed by atoms with Gasteiger partial charge in [0.25, 0.3) is 0 Å². The smallest absolute Gasteiger partial charge is 0.219 e. The van der Waals surface area contributed by atoms with E-state index in [2.05, 4.69) is 5.32 Å². The van der Waals surface area contributed by atoms with E-state index in [4.69, 9.17) is 0 Å². The second-order valence-electron chi connectivity index (χ2n) is 4.23. The summed E-state index contributed by atoms with van der Waals surface area (Å²) in [5.41, 5.74) is 1.15. The summed E-state index contributed by atoms with van der Waals surface area (Å²) in [5.74, 6) is 0.258. The zero-order chi connectivity index (χ0) is 12.0. The molecule has 1 unspecified atom stereocenters. The largest absolute Gasteiger partial charge is 0.304 e. The quantitative estimate of drug-likeness (QED) is 0.592. The molecule has 88 valence electrons. The third kappa shape index (κ3) is 4.40. The molecule has 0 spiro atoms. The fourth-order valence-electron chi connectivity index (χ4n) is 1.52. The number of hydrogen-bond acceptors (Lipinski definition) is 3. The Kier molecular flexibility index (Phi) is 4.92. The van der Waals surface area contributed by atoms with Gasteiger partial charge in [0, 0.05) is 11.5 Å². The fourth-order valence-corrected chi connectivity index (χ4v) is 1.52. The second kappa shape index (κ2) is 6.23. The van der Waals surface area contributed by atoms with Crippen LogP contribution >= 0.6 is 0 Å². The van der Waals surface area contributed by atoms with Crippen LogP contribution in [0.5, 0.6) is 0 Å². The molecule has 1 aromatic rings. The lowest BCUT2D eigenvalue weighted by Gasteiger charge is -2.18. The van der Waals surface area contributed by atoms with Crippen LogP contribution in [0.2, 0.25) is 0 Å². The van der Waals surface area contributed by atoms with Gasteiger partial charge in [0.05, 0.1) is 6.04 Å². The van der Waals surface area contributed by atoms with Gasteiger partial charge in [-0.15, -0.1) is 0 Å². The number of nitrogens with zero attached hydrogens (tertiary/aromatic N) is 1. The molecule has 0 fully saturated rings. The third-order valence-electron chi connectivity index (χ3n) is 2.56. The van der Waals surface area contributed by atoms with E-state index in [-0.39, 0.29) is 23.4 Å². The van der Waals surface area contributed by atoms with Crippen molar-refractivity contribution in [3.63, 3.8) is 0 Å². The summed E-state index contributed by atoms with van der Waals surface area (Å²) < 4.78 is 0. The van der Waals surface area contributed by atoms with Crippen LogP contribution in [0.25, 0.3) is 0 Å². The summed E-state index contributed by atoms with van der Waals surface area (Å²) in [6, 6.07) is 9.84. The molecule has 0 aromatic heterocycles. The molecule has 0 aliphatic carbocycles. The Morgan fingerprint density at radius 1 is 1.31 bits per heavy atom. The van der Waals surface area contributed by atoms with E-state index < -0.39 is 0 Å². The van der Waals surface area contributed by atoms with Gasteiger partial charge in [-0.05, 0) is 11.5 Å². The van der Waals surface area contributed by atoms with Crippen LogP contribution in [-0.4, -0.2) is 17.5 Å². The molecule has 0 heterocycles. The normalized spacial score (nSPS) is 12.7. The van der Waals surface area contributed by atoms with Crippen molar-refractivity contribution in [2.24, 2.45) is 5.92 Å². The van der Waals surface area contributed by atoms with E-state index >= 15 is 0 Å². The minimum Gasteiger partial charge on any atom is -0.304 e. The molecule has 4 heteroatoms.